The summed E-state index contributed by atoms with van der Waals surface area (Å²) in [4.78, 5) is 4.55. The summed E-state index contributed by atoms with van der Waals surface area (Å²) in [6.45, 7) is 0. The Balaban J connectivity index is 2.02. The van der Waals surface area contributed by atoms with Crippen LogP contribution in [0.2, 0.25) is 0 Å². The van der Waals surface area contributed by atoms with E-state index in [-0.39, 0.29) is 0 Å². The van der Waals surface area contributed by atoms with Crippen LogP contribution < -0.4 is 0 Å². The van der Waals surface area contributed by atoms with Gasteiger partial charge in [-0.2, -0.15) is 0 Å². The quantitative estimate of drug-likeness (QED) is 0.566. The average molecular weight is 310 g/mol. The van der Waals surface area contributed by atoms with Crippen molar-refractivity contribution < 1.29 is 0 Å². The standard InChI is InChI=1S/C17H12BrN/c18-17-15-9-5-4-8-14(15)10-11-16(17)19-12-13-6-2-1-3-7-13/h1-12H. The van der Waals surface area contributed by atoms with Crippen molar-refractivity contribution in [3.63, 3.8) is 0 Å². The number of aliphatic imine (C=N–C) groups is 1. The monoisotopic (exact) mass is 309 g/mol. The zero-order valence-corrected chi connectivity index (χ0v) is 11.8. The summed E-state index contributed by atoms with van der Waals surface area (Å²) in [6, 6.07) is 22.5. The maximum atomic E-state index is 4.55. The number of benzene rings is 3. The lowest BCUT2D eigenvalue weighted by Crippen LogP contribution is -1.80. The summed E-state index contributed by atoms with van der Waals surface area (Å²) in [5.74, 6) is 0. The highest BCUT2D eigenvalue weighted by Gasteiger charge is 2.02. The maximum absolute atomic E-state index is 4.55. The van der Waals surface area contributed by atoms with Crippen molar-refractivity contribution in [3.8, 4) is 0 Å². The molecule has 0 N–H and O–H groups in total. The number of fused-ring (bicyclic) bond motifs is 1. The fourth-order valence-electron chi connectivity index (χ4n) is 2.00. The lowest BCUT2D eigenvalue weighted by Gasteiger charge is -2.03. The molecule has 0 radical (unpaired) electrons. The van der Waals surface area contributed by atoms with Crippen LogP contribution in [0.5, 0.6) is 0 Å². The van der Waals surface area contributed by atoms with E-state index in [0.717, 1.165) is 15.7 Å². The van der Waals surface area contributed by atoms with Crippen molar-refractivity contribution in [2.24, 2.45) is 4.99 Å². The van der Waals surface area contributed by atoms with Gasteiger partial charge in [-0.3, -0.25) is 4.99 Å². The van der Waals surface area contributed by atoms with Crippen LogP contribution in [0, 0.1) is 0 Å². The highest BCUT2D eigenvalue weighted by molar-refractivity contribution is 9.10. The second kappa shape index (κ2) is 5.37. The van der Waals surface area contributed by atoms with Gasteiger partial charge in [0.05, 0.1) is 10.2 Å². The molecule has 2 heteroatoms. The van der Waals surface area contributed by atoms with Gasteiger partial charge in [0.2, 0.25) is 0 Å². The van der Waals surface area contributed by atoms with Crippen molar-refractivity contribution in [3.05, 3.63) is 76.8 Å². The lowest BCUT2D eigenvalue weighted by molar-refractivity contribution is 1.52. The first-order valence-electron chi connectivity index (χ1n) is 6.11. The minimum absolute atomic E-state index is 0.947. The van der Waals surface area contributed by atoms with E-state index >= 15 is 0 Å². The van der Waals surface area contributed by atoms with Crippen LogP contribution in [-0.2, 0) is 0 Å². The van der Waals surface area contributed by atoms with E-state index < -0.39 is 0 Å². The Bertz CT molecular complexity index is 733. The van der Waals surface area contributed by atoms with E-state index in [4.69, 9.17) is 0 Å². The highest BCUT2D eigenvalue weighted by atomic mass is 79.9. The first-order chi connectivity index (χ1) is 9.34. The van der Waals surface area contributed by atoms with Crippen molar-refractivity contribution >= 4 is 38.6 Å². The summed E-state index contributed by atoms with van der Waals surface area (Å²) in [7, 11) is 0. The second-order valence-corrected chi connectivity index (χ2v) is 5.08. The molecule has 92 valence electrons. The Morgan fingerprint density at radius 2 is 1.53 bits per heavy atom. The molecule has 0 spiro atoms. The summed E-state index contributed by atoms with van der Waals surface area (Å²) >= 11 is 3.64. The van der Waals surface area contributed by atoms with Gasteiger partial charge in [-0.15, -0.1) is 0 Å². The number of rotatable bonds is 2. The highest BCUT2D eigenvalue weighted by Crippen LogP contribution is 2.33. The molecule has 1 nitrogen and oxygen atoms in total. The zero-order chi connectivity index (χ0) is 13.1. The molecule has 0 amide bonds. The van der Waals surface area contributed by atoms with E-state index in [2.05, 4.69) is 39.1 Å². The van der Waals surface area contributed by atoms with Gasteiger partial charge in [-0.1, -0.05) is 60.7 Å². The van der Waals surface area contributed by atoms with Gasteiger partial charge in [0, 0.05) is 6.21 Å². The van der Waals surface area contributed by atoms with Crippen molar-refractivity contribution in [2.45, 2.75) is 0 Å². The molecule has 0 saturated heterocycles. The molecule has 3 aromatic carbocycles. The van der Waals surface area contributed by atoms with Crippen LogP contribution >= 0.6 is 15.9 Å². The molecule has 0 aliphatic heterocycles. The number of hydrogen-bond acceptors (Lipinski definition) is 1. The smallest absolute Gasteiger partial charge is 0.0778 e. The molecule has 3 rings (SSSR count). The first-order valence-corrected chi connectivity index (χ1v) is 6.90. The summed E-state index contributed by atoms with van der Waals surface area (Å²) < 4.78 is 1.04. The van der Waals surface area contributed by atoms with E-state index in [1.807, 2.05) is 54.7 Å². The molecular formula is C17H12BrN. The van der Waals surface area contributed by atoms with Crippen molar-refractivity contribution in [1.29, 1.82) is 0 Å². The minimum atomic E-state index is 0.947. The number of halogens is 1. The molecule has 0 heterocycles. The van der Waals surface area contributed by atoms with Gasteiger partial charge < -0.3 is 0 Å². The largest absolute Gasteiger partial charge is 0.255 e. The Kier molecular flexibility index (Phi) is 3.43. The number of nitrogens with zero attached hydrogens (tertiary/aromatic N) is 1. The maximum Gasteiger partial charge on any atom is 0.0778 e. The van der Waals surface area contributed by atoms with Gasteiger partial charge in [0.15, 0.2) is 0 Å². The van der Waals surface area contributed by atoms with Crippen LogP contribution in [0.3, 0.4) is 0 Å². The van der Waals surface area contributed by atoms with Gasteiger partial charge >= 0.3 is 0 Å². The minimum Gasteiger partial charge on any atom is -0.255 e. The average Bonchev–Trinajstić information content (AvgIpc) is 2.48. The first kappa shape index (κ1) is 12.1. The summed E-state index contributed by atoms with van der Waals surface area (Å²) in [5, 5.41) is 2.40. The van der Waals surface area contributed by atoms with E-state index in [9.17, 15) is 0 Å². The molecule has 0 aliphatic carbocycles. The molecule has 0 unspecified atom stereocenters. The summed E-state index contributed by atoms with van der Waals surface area (Å²) in [6.07, 6.45) is 1.88. The van der Waals surface area contributed by atoms with E-state index in [1.54, 1.807) is 0 Å². The van der Waals surface area contributed by atoms with E-state index in [1.165, 1.54) is 10.8 Å². The van der Waals surface area contributed by atoms with Gasteiger partial charge in [0.1, 0.15) is 0 Å². The van der Waals surface area contributed by atoms with Crippen molar-refractivity contribution in [2.75, 3.05) is 0 Å². The van der Waals surface area contributed by atoms with Gasteiger partial charge in [-0.25, -0.2) is 0 Å². The Morgan fingerprint density at radius 3 is 2.37 bits per heavy atom. The van der Waals surface area contributed by atoms with Crippen LogP contribution in [0.15, 0.2) is 76.2 Å². The van der Waals surface area contributed by atoms with Crippen LogP contribution in [0.4, 0.5) is 5.69 Å². The number of hydrogen-bond donors (Lipinski definition) is 0. The van der Waals surface area contributed by atoms with Crippen LogP contribution in [0.1, 0.15) is 5.56 Å². The van der Waals surface area contributed by atoms with Crippen LogP contribution in [0.25, 0.3) is 10.8 Å². The van der Waals surface area contributed by atoms with E-state index in [0.29, 0.717) is 0 Å². The van der Waals surface area contributed by atoms with Crippen LogP contribution in [-0.4, -0.2) is 6.21 Å². The fraction of sp³-hybridized carbons (Fsp3) is 0. The molecule has 0 aliphatic rings. The molecule has 0 aromatic heterocycles. The Morgan fingerprint density at radius 1 is 0.789 bits per heavy atom. The van der Waals surface area contributed by atoms with Gasteiger partial charge in [0.25, 0.3) is 0 Å². The SMILES string of the molecule is Brc1c(N=Cc2ccccc2)ccc2ccccc12. The second-order valence-electron chi connectivity index (χ2n) is 4.29. The normalized spacial score (nSPS) is 11.2. The summed E-state index contributed by atoms with van der Waals surface area (Å²) in [5.41, 5.74) is 2.05. The predicted molar refractivity (Wildman–Crippen MR) is 85.3 cm³/mol. The molecular weight excluding hydrogens is 298 g/mol. The molecule has 0 fully saturated rings. The molecule has 3 aromatic rings. The molecule has 0 atom stereocenters. The Labute approximate surface area is 120 Å². The third-order valence-electron chi connectivity index (χ3n) is 3.00. The fourth-order valence-corrected chi connectivity index (χ4v) is 2.60. The lowest BCUT2D eigenvalue weighted by atomic mass is 10.1. The zero-order valence-electron chi connectivity index (χ0n) is 10.3. The topological polar surface area (TPSA) is 12.4 Å². The molecule has 0 saturated carbocycles. The third-order valence-corrected chi connectivity index (χ3v) is 3.83. The molecule has 0 bridgehead atoms. The Hall–Kier alpha value is -1.93. The molecule has 19 heavy (non-hydrogen) atoms. The van der Waals surface area contributed by atoms with Crippen molar-refractivity contribution in [1.82, 2.24) is 0 Å². The third kappa shape index (κ3) is 2.59. The predicted octanol–water partition coefficient (Wildman–Crippen LogP) is 5.35. The van der Waals surface area contributed by atoms with Gasteiger partial charge in [-0.05, 0) is 38.3 Å².